The van der Waals surface area contributed by atoms with Crippen LogP contribution in [0.2, 0.25) is 0 Å². The van der Waals surface area contributed by atoms with Crippen molar-refractivity contribution < 1.29 is 9.53 Å². The zero-order chi connectivity index (χ0) is 12.9. The summed E-state index contributed by atoms with van der Waals surface area (Å²) < 4.78 is 5.09. The molecule has 0 heterocycles. The summed E-state index contributed by atoms with van der Waals surface area (Å²) in [4.78, 5) is 11.8. The molecule has 3 N–H and O–H groups in total. The van der Waals surface area contributed by atoms with Gasteiger partial charge in [-0.25, -0.2) is 0 Å². The number of carbonyl (C=O) groups excluding carboxylic acids is 1. The SMILES string of the molecule is CCC(C)C(N)C(=O)NCC1(CCOC)CC1. The van der Waals surface area contributed by atoms with Crippen molar-refractivity contribution >= 4 is 5.91 Å². The van der Waals surface area contributed by atoms with E-state index < -0.39 is 0 Å². The summed E-state index contributed by atoms with van der Waals surface area (Å²) in [6, 6.07) is -0.377. The molecule has 2 unspecified atom stereocenters. The molecule has 0 radical (unpaired) electrons. The topological polar surface area (TPSA) is 64.4 Å². The second kappa shape index (κ2) is 6.36. The molecule has 0 aliphatic heterocycles. The normalized spacial score (nSPS) is 20.7. The highest BCUT2D eigenvalue weighted by atomic mass is 16.5. The van der Waals surface area contributed by atoms with E-state index >= 15 is 0 Å². The summed E-state index contributed by atoms with van der Waals surface area (Å²) in [5.74, 6) is 0.229. The molecule has 1 aliphatic rings. The van der Waals surface area contributed by atoms with Gasteiger partial charge in [-0.3, -0.25) is 4.79 Å². The average molecular weight is 242 g/mol. The minimum atomic E-state index is -0.377. The van der Waals surface area contributed by atoms with Gasteiger partial charge >= 0.3 is 0 Å². The van der Waals surface area contributed by atoms with E-state index in [2.05, 4.69) is 12.2 Å². The molecule has 2 atom stereocenters. The Morgan fingerprint density at radius 2 is 2.18 bits per heavy atom. The molecule has 0 aromatic carbocycles. The van der Waals surface area contributed by atoms with Crippen LogP contribution < -0.4 is 11.1 Å². The molecule has 17 heavy (non-hydrogen) atoms. The van der Waals surface area contributed by atoms with Crippen LogP contribution in [0.25, 0.3) is 0 Å². The lowest BCUT2D eigenvalue weighted by Crippen LogP contribution is -2.46. The number of nitrogens with one attached hydrogen (secondary N) is 1. The van der Waals surface area contributed by atoms with Gasteiger partial charge in [0.25, 0.3) is 0 Å². The molecule has 1 fully saturated rings. The maximum atomic E-state index is 11.8. The molecule has 0 spiro atoms. The Balaban J connectivity index is 2.28. The number of methoxy groups -OCH3 is 1. The van der Waals surface area contributed by atoms with Crippen molar-refractivity contribution in [3.8, 4) is 0 Å². The number of amides is 1. The van der Waals surface area contributed by atoms with Gasteiger partial charge in [-0.15, -0.1) is 0 Å². The van der Waals surface area contributed by atoms with Gasteiger partial charge in [-0.2, -0.15) is 0 Å². The number of carbonyl (C=O) groups is 1. The largest absolute Gasteiger partial charge is 0.385 e. The molecular weight excluding hydrogens is 216 g/mol. The van der Waals surface area contributed by atoms with Crippen LogP contribution in [-0.2, 0) is 9.53 Å². The zero-order valence-corrected chi connectivity index (χ0v) is 11.3. The van der Waals surface area contributed by atoms with Crippen LogP contribution in [-0.4, -0.2) is 32.2 Å². The molecule has 4 heteroatoms. The van der Waals surface area contributed by atoms with Gasteiger partial charge in [0.1, 0.15) is 0 Å². The maximum Gasteiger partial charge on any atom is 0.237 e. The fourth-order valence-electron chi connectivity index (χ4n) is 1.92. The van der Waals surface area contributed by atoms with E-state index in [9.17, 15) is 4.79 Å². The van der Waals surface area contributed by atoms with Gasteiger partial charge in [0.15, 0.2) is 0 Å². The minimum absolute atomic E-state index is 0.0111. The fraction of sp³-hybridized carbons (Fsp3) is 0.923. The van der Waals surface area contributed by atoms with E-state index in [1.807, 2.05) is 6.92 Å². The third kappa shape index (κ3) is 4.28. The highest BCUT2D eigenvalue weighted by Gasteiger charge is 2.42. The molecule has 0 aromatic rings. The van der Waals surface area contributed by atoms with E-state index in [-0.39, 0.29) is 17.9 Å². The van der Waals surface area contributed by atoms with E-state index in [0.29, 0.717) is 5.41 Å². The number of rotatable bonds is 8. The molecular formula is C13H26N2O2. The molecule has 4 nitrogen and oxygen atoms in total. The van der Waals surface area contributed by atoms with Crippen LogP contribution in [0.4, 0.5) is 0 Å². The van der Waals surface area contributed by atoms with Crippen LogP contribution in [0.5, 0.6) is 0 Å². The maximum absolute atomic E-state index is 11.8. The van der Waals surface area contributed by atoms with Gasteiger partial charge < -0.3 is 15.8 Å². The van der Waals surface area contributed by atoms with Gasteiger partial charge in [0, 0.05) is 20.3 Å². The Labute approximate surface area is 104 Å². The third-order valence-electron chi connectivity index (χ3n) is 3.99. The molecule has 1 amide bonds. The number of hydrogen-bond donors (Lipinski definition) is 2. The first-order valence-corrected chi connectivity index (χ1v) is 6.57. The van der Waals surface area contributed by atoms with Gasteiger partial charge in [-0.1, -0.05) is 20.3 Å². The smallest absolute Gasteiger partial charge is 0.237 e. The summed E-state index contributed by atoms with van der Waals surface area (Å²) in [6.45, 7) is 5.59. The Bertz CT molecular complexity index is 252. The van der Waals surface area contributed by atoms with Crippen LogP contribution in [0.15, 0.2) is 0 Å². The van der Waals surface area contributed by atoms with Crippen LogP contribution in [0.1, 0.15) is 39.5 Å². The molecule has 0 aromatic heterocycles. The Kier molecular flexibility index (Phi) is 5.40. The molecule has 1 rings (SSSR count). The van der Waals surface area contributed by atoms with Gasteiger partial charge in [0.05, 0.1) is 6.04 Å². The lowest BCUT2D eigenvalue weighted by Gasteiger charge is -2.20. The summed E-state index contributed by atoms with van der Waals surface area (Å²) in [6.07, 6.45) is 4.34. The first kappa shape index (κ1) is 14.5. The van der Waals surface area contributed by atoms with Crippen LogP contribution >= 0.6 is 0 Å². The minimum Gasteiger partial charge on any atom is -0.385 e. The van der Waals surface area contributed by atoms with Crippen molar-refractivity contribution in [3.63, 3.8) is 0 Å². The van der Waals surface area contributed by atoms with E-state index in [1.54, 1.807) is 7.11 Å². The summed E-state index contributed by atoms with van der Waals surface area (Å²) in [5, 5.41) is 2.99. The van der Waals surface area contributed by atoms with Crippen molar-refractivity contribution in [1.82, 2.24) is 5.32 Å². The second-order valence-electron chi connectivity index (χ2n) is 5.37. The zero-order valence-electron chi connectivity index (χ0n) is 11.3. The van der Waals surface area contributed by atoms with Crippen molar-refractivity contribution in [2.24, 2.45) is 17.1 Å². The predicted octanol–water partition coefficient (Wildman–Crippen LogP) is 1.29. The van der Waals surface area contributed by atoms with Crippen molar-refractivity contribution in [2.45, 2.75) is 45.6 Å². The highest BCUT2D eigenvalue weighted by Crippen LogP contribution is 2.48. The Morgan fingerprint density at radius 3 is 2.65 bits per heavy atom. The number of hydrogen-bond acceptors (Lipinski definition) is 3. The van der Waals surface area contributed by atoms with E-state index in [0.717, 1.165) is 26.0 Å². The van der Waals surface area contributed by atoms with Gasteiger partial charge in [0.2, 0.25) is 5.91 Å². The standard InChI is InChI=1S/C13H26N2O2/c1-4-10(2)11(14)12(16)15-9-13(5-6-13)7-8-17-3/h10-11H,4-9,14H2,1-3H3,(H,15,16). The lowest BCUT2D eigenvalue weighted by atomic mass is 9.98. The van der Waals surface area contributed by atoms with Crippen molar-refractivity contribution in [1.29, 1.82) is 0 Å². The number of nitrogens with two attached hydrogens (primary N) is 1. The highest BCUT2D eigenvalue weighted by molar-refractivity contribution is 5.81. The molecule has 1 aliphatic carbocycles. The lowest BCUT2D eigenvalue weighted by molar-refractivity contribution is -0.123. The molecule has 1 saturated carbocycles. The Morgan fingerprint density at radius 1 is 1.53 bits per heavy atom. The fourth-order valence-corrected chi connectivity index (χ4v) is 1.92. The number of ether oxygens (including phenoxy) is 1. The van der Waals surface area contributed by atoms with E-state index in [4.69, 9.17) is 10.5 Å². The third-order valence-corrected chi connectivity index (χ3v) is 3.99. The van der Waals surface area contributed by atoms with Crippen LogP contribution in [0, 0.1) is 11.3 Å². The first-order chi connectivity index (χ1) is 8.04. The molecule has 0 saturated heterocycles. The van der Waals surface area contributed by atoms with Crippen LogP contribution in [0.3, 0.4) is 0 Å². The van der Waals surface area contributed by atoms with E-state index in [1.165, 1.54) is 12.8 Å². The molecule has 0 bridgehead atoms. The van der Waals surface area contributed by atoms with Gasteiger partial charge in [-0.05, 0) is 30.6 Å². The molecule has 100 valence electrons. The quantitative estimate of drug-likeness (QED) is 0.674. The summed E-state index contributed by atoms with van der Waals surface area (Å²) in [7, 11) is 1.72. The Hall–Kier alpha value is -0.610. The monoisotopic (exact) mass is 242 g/mol. The predicted molar refractivity (Wildman–Crippen MR) is 68.6 cm³/mol. The first-order valence-electron chi connectivity index (χ1n) is 6.57. The van der Waals surface area contributed by atoms with Crippen molar-refractivity contribution in [3.05, 3.63) is 0 Å². The second-order valence-corrected chi connectivity index (χ2v) is 5.37. The summed E-state index contributed by atoms with van der Waals surface area (Å²) >= 11 is 0. The summed E-state index contributed by atoms with van der Waals surface area (Å²) in [5.41, 5.74) is 6.18. The average Bonchev–Trinajstić information content (AvgIpc) is 3.12. The van der Waals surface area contributed by atoms with Crippen molar-refractivity contribution in [2.75, 3.05) is 20.3 Å².